The van der Waals surface area contributed by atoms with Crippen LogP contribution in [0.5, 0.6) is 0 Å². The number of hydrogen-bond donors (Lipinski definition) is 0. The molecule has 1 aliphatic carbocycles. The van der Waals surface area contributed by atoms with Gasteiger partial charge in [0.05, 0.1) is 0 Å². The third kappa shape index (κ3) is 4.13. The molecule has 0 saturated heterocycles. The molecule has 8 aromatic rings. The van der Waals surface area contributed by atoms with Crippen LogP contribution in [0.25, 0.3) is 75.3 Å². The second-order valence-corrected chi connectivity index (χ2v) is 14.2. The van der Waals surface area contributed by atoms with Gasteiger partial charge in [-0.1, -0.05) is 0 Å². The van der Waals surface area contributed by atoms with E-state index in [4.69, 9.17) is 15.2 Å². The summed E-state index contributed by atoms with van der Waals surface area (Å²) < 4.78 is 2.75. The summed E-state index contributed by atoms with van der Waals surface area (Å²) >= 11 is 0.197. The third-order valence-electron chi connectivity index (χ3n) is 9.38. The van der Waals surface area contributed by atoms with Crippen molar-refractivity contribution in [2.45, 2.75) is 20.3 Å². The fraction of sp³-hybridized carbons (Fsp3) is 0.0732. The van der Waals surface area contributed by atoms with Gasteiger partial charge in [0.2, 0.25) is 0 Å². The summed E-state index contributed by atoms with van der Waals surface area (Å²) in [5.41, 5.74) is 15.2. The molecular formula is C41H28N4Se. The number of rotatable bonds is 4. The molecule has 46 heavy (non-hydrogen) atoms. The molecule has 3 heterocycles. The molecule has 5 heteroatoms. The minimum absolute atomic E-state index is 0.197. The Morgan fingerprint density at radius 2 is 1.22 bits per heavy atom. The van der Waals surface area contributed by atoms with Crippen molar-refractivity contribution in [1.82, 2.24) is 20.4 Å². The SMILES string of the molecule is Cc1c(-c2c(-c3ccccc3)nnnc2-c2c(-c3ccccc3)ccc3[se]c4ccccc4c23)nc2c(c1C)-c1ccccc1C2. The molecule has 0 radical (unpaired) electrons. The van der Waals surface area contributed by atoms with Crippen LogP contribution in [0.15, 0.2) is 121 Å². The maximum atomic E-state index is 5.51. The number of nitrogens with zero attached hydrogens (tertiary/aromatic N) is 4. The van der Waals surface area contributed by atoms with E-state index in [1.54, 1.807) is 0 Å². The molecule has 9 rings (SSSR count). The molecule has 0 aliphatic heterocycles. The monoisotopic (exact) mass is 656 g/mol. The average molecular weight is 656 g/mol. The molecule has 0 spiro atoms. The summed E-state index contributed by atoms with van der Waals surface area (Å²) in [4.78, 5) is 5.51. The Hall–Kier alpha value is -5.22. The van der Waals surface area contributed by atoms with Crippen molar-refractivity contribution in [2.75, 3.05) is 0 Å². The van der Waals surface area contributed by atoms with Gasteiger partial charge in [-0.15, -0.1) is 0 Å². The van der Waals surface area contributed by atoms with Crippen molar-refractivity contribution in [3.63, 3.8) is 0 Å². The number of aromatic nitrogens is 4. The zero-order valence-corrected chi connectivity index (χ0v) is 27.2. The zero-order chi connectivity index (χ0) is 30.8. The molecular weight excluding hydrogens is 627 g/mol. The summed E-state index contributed by atoms with van der Waals surface area (Å²) in [7, 11) is 0. The Balaban J connectivity index is 1.43. The van der Waals surface area contributed by atoms with Gasteiger partial charge in [-0.25, -0.2) is 0 Å². The third-order valence-corrected chi connectivity index (χ3v) is 11.8. The predicted octanol–water partition coefficient (Wildman–Crippen LogP) is 9.49. The minimum atomic E-state index is 0.197. The van der Waals surface area contributed by atoms with E-state index in [2.05, 4.69) is 134 Å². The summed E-state index contributed by atoms with van der Waals surface area (Å²) in [5, 5.41) is 16.7. The van der Waals surface area contributed by atoms with Crippen molar-refractivity contribution < 1.29 is 0 Å². The first kappa shape index (κ1) is 27.1. The molecule has 4 nitrogen and oxygen atoms in total. The Bertz CT molecular complexity index is 2460. The standard InChI is InChI=1S/C41H28N4Se/c1-24-25(2)39(42-32-23-28-17-9-10-18-29(28)35(24)32)38-40(27-15-7-4-8-16-27)43-45-44-41(38)37-30(26-13-5-3-6-14-26)21-22-34-36(37)31-19-11-12-20-33(31)46-34/h3-22H,23H2,1-2H3. The van der Waals surface area contributed by atoms with E-state index in [1.807, 2.05) is 6.07 Å². The van der Waals surface area contributed by atoms with Gasteiger partial charge in [0.1, 0.15) is 0 Å². The topological polar surface area (TPSA) is 51.6 Å². The Kier molecular flexibility index (Phi) is 6.31. The van der Waals surface area contributed by atoms with Gasteiger partial charge in [0, 0.05) is 0 Å². The van der Waals surface area contributed by atoms with E-state index >= 15 is 0 Å². The average Bonchev–Trinajstić information content (AvgIpc) is 3.68. The second kappa shape index (κ2) is 10.7. The molecule has 0 fully saturated rings. The number of fused-ring (bicyclic) bond motifs is 6. The van der Waals surface area contributed by atoms with Gasteiger partial charge in [-0.05, 0) is 0 Å². The van der Waals surface area contributed by atoms with E-state index in [-0.39, 0.29) is 14.5 Å². The van der Waals surface area contributed by atoms with Crippen molar-refractivity contribution in [2.24, 2.45) is 0 Å². The van der Waals surface area contributed by atoms with Crippen LogP contribution in [0.1, 0.15) is 22.4 Å². The first-order valence-corrected chi connectivity index (χ1v) is 17.3. The number of pyridine rings is 1. The maximum absolute atomic E-state index is 5.51. The zero-order valence-electron chi connectivity index (χ0n) is 25.5. The molecule has 0 amide bonds. The van der Waals surface area contributed by atoms with E-state index < -0.39 is 0 Å². The Morgan fingerprint density at radius 3 is 2.04 bits per heavy atom. The van der Waals surface area contributed by atoms with Crippen LogP contribution in [-0.2, 0) is 6.42 Å². The van der Waals surface area contributed by atoms with Crippen molar-refractivity contribution >= 4 is 33.8 Å². The van der Waals surface area contributed by atoms with Gasteiger partial charge in [0.25, 0.3) is 0 Å². The Morgan fingerprint density at radius 1 is 0.522 bits per heavy atom. The molecule has 0 N–H and O–H groups in total. The van der Waals surface area contributed by atoms with Gasteiger partial charge in [0.15, 0.2) is 0 Å². The van der Waals surface area contributed by atoms with Gasteiger partial charge < -0.3 is 0 Å². The van der Waals surface area contributed by atoms with E-state index in [0.717, 1.165) is 62.6 Å². The van der Waals surface area contributed by atoms with Crippen LogP contribution in [0.3, 0.4) is 0 Å². The first-order chi connectivity index (χ1) is 22.7. The summed E-state index contributed by atoms with van der Waals surface area (Å²) in [6.45, 7) is 4.43. The molecule has 3 aromatic heterocycles. The van der Waals surface area contributed by atoms with E-state index in [1.165, 1.54) is 41.5 Å². The molecule has 5 aromatic carbocycles. The molecule has 218 valence electrons. The summed E-state index contributed by atoms with van der Waals surface area (Å²) in [6, 6.07) is 43.1. The summed E-state index contributed by atoms with van der Waals surface area (Å²) in [5.74, 6) is 0. The Labute approximate surface area is 273 Å². The van der Waals surface area contributed by atoms with E-state index in [9.17, 15) is 0 Å². The van der Waals surface area contributed by atoms with Crippen molar-refractivity contribution in [3.8, 4) is 56.0 Å². The quantitative estimate of drug-likeness (QED) is 0.177. The van der Waals surface area contributed by atoms with Crippen LogP contribution in [-0.4, -0.2) is 34.9 Å². The molecule has 1 aliphatic rings. The van der Waals surface area contributed by atoms with Crippen LogP contribution in [0, 0.1) is 13.8 Å². The van der Waals surface area contributed by atoms with Crippen LogP contribution < -0.4 is 0 Å². The van der Waals surface area contributed by atoms with Crippen LogP contribution in [0.2, 0.25) is 0 Å². The van der Waals surface area contributed by atoms with Crippen molar-refractivity contribution in [3.05, 3.63) is 144 Å². The second-order valence-electron chi connectivity index (χ2n) is 11.9. The summed E-state index contributed by atoms with van der Waals surface area (Å²) in [6.07, 6.45) is 0.813. The van der Waals surface area contributed by atoms with Crippen LogP contribution in [0.4, 0.5) is 0 Å². The first-order valence-electron chi connectivity index (χ1n) is 15.5. The fourth-order valence-electron chi connectivity index (χ4n) is 7.13. The number of benzene rings is 5. The fourth-order valence-corrected chi connectivity index (χ4v) is 9.46. The van der Waals surface area contributed by atoms with Gasteiger partial charge in [-0.3, -0.25) is 0 Å². The van der Waals surface area contributed by atoms with Crippen molar-refractivity contribution in [1.29, 1.82) is 0 Å². The molecule has 0 bridgehead atoms. The molecule has 0 unspecified atom stereocenters. The molecule has 0 saturated carbocycles. The van der Waals surface area contributed by atoms with Crippen LogP contribution >= 0.6 is 0 Å². The van der Waals surface area contributed by atoms with Gasteiger partial charge >= 0.3 is 274 Å². The molecule has 0 atom stereocenters. The normalized spacial score (nSPS) is 12.0. The van der Waals surface area contributed by atoms with E-state index in [0.29, 0.717) is 0 Å². The van der Waals surface area contributed by atoms with Gasteiger partial charge in [-0.2, -0.15) is 0 Å². The predicted molar refractivity (Wildman–Crippen MR) is 189 cm³/mol. The number of hydrogen-bond acceptors (Lipinski definition) is 4.